The van der Waals surface area contributed by atoms with Gasteiger partial charge >= 0.3 is 0 Å². The largest absolute Gasteiger partial charge is 0.457 e. The van der Waals surface area contributed by atoms with Crippen LogP contribution in [0.3, 0.4) is 0 Å². The first kappa shape index (κ1) is 41.0. The van der Waals surface area contributed by atoms with Gasteiger partial charge in [-0.15, -0.1) is 0 Å². The highest BCUT2D eigenvalue weighted by atomic mass is 16.5. The van der Waals surface area contributed by atoms with Crippen LogP contribution in [0.2, 0.25) is 0 Å². The van der Waals surface area contributed by atoms with Gasteiger partial charge in [-0.05, 0) is 129 Å². The van der Waals surface area contributed by atoms with Gasteiger partial charge in [0.15, 0.2) is 0 Å². The molecular formula is C53H64N4O. The van der Waals surface area contributed by atoms with Crippen molar-refractivity contribution in [1.29, 1.82) is 0 Å². The van der Waals surface area contributed by atoms with E-state index in [1.807, 2.05) is 23.0 Å². The standard InChI is InChI=1S/C53H64N4O/c1-33(2)26-42-47(43(27-34(3)4)49(52(9,10)11)50(53(12,13)14)48(42)51(6,7)8)36-31-55-56(32-36)37-18-17-19-38(29-37)58-39-22-23-41-40-20-15-16-21-44(40)57(45(41)30-39)46-28-35(5)24-25-54-46/h15-25,28-34H,26-27H2,1-14H3. The van der Waals surface area contributed by atoms with Gasteiger partial charge < -0.3 is 4.74 Å². The highest BCUT2D eigenvalue weighted by Crippen LogP contribution is 2.50. The lowest BCUT2D eigenvalue weighted by atomic mass is 9.63. The van der Waals surface area contributed by atoms with E-state index in [0.29, 0.717) is 11.8 Å². The minimum absolute atomic E-state index is 0.0234. The van der Waals surface area contributed by atoms with Gasteiger partial charge in [0.2, 0.25) is 0 Å². The van der Waals surface area contributed by atoms with Crippen molar-refractivity contribution in [3.63, 3.8) is 0 Å². The Kier molecular flexibility index (Phi) is 10.8. The molecule has 0 aliphatic heterocycles. The Balaban J connectivity index is 1.35. The van der Waals surface area contributed by atoms with Gasteiger partial charge in [0.25, 0.3) is 0 Å². The molecule has 0 spiro atoms. The maximum atomic E-state index is 6.65. The van der Waals surface area contributed by atoms with E-state index in [-0.39, 0.29) is 16.2 Å². The van der Waals surface area contributed by atoms with Crippen LogP contribution in [-0.4, -0.2) is 19.3 Å². The average molecular weight is 773 g/mol. The Bertz CT molecular complexity index is 2560. The van der Waals surface area contributed by atoms with Crippen molar-refractivity contribution in [2.75, 3.05) is 0 Å². The fourth-order valence-electron chi connectivity index (χ4n) is 9.16. The van der Waals surface area contributed by atoms with Crippen LogP contribution < -0.4 is 4.74 Å². The van der Waals surface area contributed by atoms with Gasteiger partial charge in [0, 0.05) is 40.9 Å². The minimum Gasteiger partial charge on any atom is -0.457 e. The van der Waals surface area contributed by atoms with E-state index < -0.39 is 0 Å². The molecule has 0 radical (unpaired) electrons. The molecule has 0 N–H and O–H groups in total. The molecule has 7 aromatic rings. The predicted octanol–water partition coefficient (Wildman–Crippen LogP) is 14.4. The molecule has 0 saturated heterocycles. The predicted molar refractivity (Wildman–Crippen MR) is 246 cm³/mol. The van der Waals surface area contributed by atoms with Crippen molar-refractivity contribution in [2.45, 2.75) is 126 Å². The summed E-state index contributed by atoms with van der Waals surface area (Å²) in [5, 5.41) is 7.43. The molecule has 58 heavy (non-hydrogen) atoms. The van der Waals surface area contributed by atoms with Gasteiger partial charge in [0.1, 0.15) is 17.3 Å². The topological polar surface area (TPSA) is 44.9 Å². The Labute approximate surface area is 347 Å². The van der Waals surface area contributed by atoms with E-state index in [2.05, 4.69) is 181 Å². The number of hydrogen-bond donors (Lipinski definition) is 0. The summed E-state index contributed by atoms with van der Waals surface area (Å²) in [7, 11) is 0. The van der Waals surface area contributed by atoms with E-state index in [1.54, 1.807) is 0 Å². The van der Waals surface area contributed by atoms with Crippen molar-refractivity contribution in [1.82, 2.24) is 19.3 Å². The Morgan fingerprint density at radius 1 is 0.621 bits per heavy atom. The molecule has 3 aromatic heterocycles. The smallest absolute Gasteiger partial charge is 0.137 e. The highest BCUT2D eigenvalue weighted by Gasteiger charge is 2.38. The summed E-state index contributed by atoms with van der Waals surface area (Å²) in [5.41, 5.74) is 14.3. The van der Waals surface area contributed by atoms with Crippen molar-refractivity contribution >= 4 is 21.8 Å². The second-order valence-corrected chi connectivity index (χ2v) is 20.4. The van der Waals surface area contributed by atoms with E-state index in [0.717, 1.165) is 52.3 Å². The van der Waals surface area contributed by atoms with E-state index >= 15 is 0 Å². The van der Waals surface area contributed by atoms with Crippen LogP contribution in [-0.2, 0) is 29.1 Å². The van der Waals surface area contributed by atoms with Crippen LogP contribution in [0, 0.1) is 18.8 Å². The molecule has 0 amide bonds. The second-order valence-electron chi connectivity index (χ2n) is 20.4. The lowest BCUT2D eigenvalue weighted by Crippen LogP contribution is -2.32. The molecule has 0 fully saturated rings. The van der Waals surface area contributed by atoms with Gasteiger partial charge in [0.05, 0.1) is 22.9 Å². The molecule has 0 bridgehead atoms. The van der Waals surface area contributed by atoms with Crippen LogP contribution in [0.15, 0.2) is 97.5 Å². The zero-order valence-corrected chi connectivity index (χ0v) is 37.5. The summed E-state index contributed by atoms with van der Waals surface area (Å²) >= 11 is 0. The molecule has 5 nitrogen and oxygen atoms in total. The number of nitrogens with zero attached hydrogens (tertiary/aromatic N) is 4. The molecule has 0 aliphatic rings. The minimum atomic E-state index is -0.0481. The van der Waals surface area contributed by atoms with E-state index in [4.69, 9.17) is 14.8 Å². The van der Waals surface area contributed by atoms with Gasteiger partial charge in [-0.1, -0.05) is 114 Å². The van der Waals surface area contributed by atoms with Gasteiger partial charge in [-0.2, -0.15) is 5.10 Å². The van der Waals surface area contributed by atoms with E-state index in [1.165, 1.54) is 49.9 Å². The summed E-state index contributed by atoms with van der Waals surface area (Å²) in [4.78, 5) is 4.76. The number of benzene rings is 4. The maximum absolute atomic E-state index is 6.65. The van der Waals surface area contributed by atoms with Crippen molar-refractivity contribution in [3.05, 3.63) is 131 Å². The highest BCUT2D eigenvalue weighted by molar-refractivity contribution is 6.09. The summed E-state index contributed by atoms with van der Waals surface area (Å²) in [5.74, 6) is 3.41. The number of hydrogen-bond acceptors (Lipinski definition) is 3. The number of fused-ring (bicyclic) bond motifs is 3. The fourth-order valence-corrected chi connectivity index (χ4v) is 9.16. The summed E-state index contributed by atoms with van der Waals surface area (Å²) in [6, 6.07) is 27.3. The van der Waals surface area contributed by atoms with Crippen LogP contribution in [0.25, 0.3) is 44.4 Å². The van der Waals surface area contributed by atoms with Crippen molar-refractivity contribution in [3.8, 4) is 34.1 Å². The summed E-state index contributed by atoms with van der Waals surface area (Å²) in [6.07, 6.45) is 8.24. The number of para-hydroxylation sites is 1. The monoisotopic (exact) mass is 773 g/mol. The number of aryl methyl sites for hydroxylation is 1. The molecule has 0 aliphatic carbocycles. The molecule has 4 aromatic carbocycles. The molecule has 5 heteroatoms. The van der Waals surface area contributed by atoms with Crippen LogP contribution in [0.5, 0.6) is 11.5 Å². The molecule has 302 valence electrons. The number of ether oxygens (including phenoxy) is 1. The summed E-state index contributed by atoms with van der Waals surface area (Å²) in [6.45, 7) is 33.2. The number of pyridine rings is 1. The molecule has 0 saturated carbocycles. The molecule has 7 rings (SSSR count). The lowest BCUT2D eigenvalue weighted by molar-refractivity contribution is 0.482. The second kappa shape index (κ2) is 15.2. The maximum Gasteiger partial charge on any atom is 0.137 e. The van der Waals surface area contributed by atoms with Crippen molar-refractivity contribution in [2.24, 2.45) is 11.8 Å². The SMILES string of the molecule is Cc1ccnc(-n2c3ccccc3c3ccc(Oc4cccc(-n5cc(-c6c(CC(C)C)c(C(C)(C)C)c(C(C)(C)C)c(C(C)(C)C)c6CC(C)C)cn5)c4)cc32)c1. The number of aromatic nitrogens is 4. The van der Waals surface area contributed by atoms with Gasteiger partial charge in [-0.25, -0.2) is 9.67 Å². The molecule has 0 unspecified atom stereocenters. The third-order valence-electron chi connectivity index (χ3n) is 11.1. The van der Waals surface area contributed by atoms with Gasteiger partial charge in [-0.3, -0.25) is 4.57 Å². The zero-order valence-electron chi connectivity index (χ0n) is 37.5. The Hall–Kier alpha value is -5.16. The Morgan fingerprint density at radius 2 is 1.22 bits per heavy atom. The molecule has 0 atom stereocenters. The fraction of sp³-hybridized carbons (Fsp3) is 0.396. The summed E-state index contributed by atoms with van der Waals surface area (Å²) < 4.78 is 10.9. The normalized spacial score (nSPS) is 12.8. The molecular weight excluding hydrogens is 709 g/mol. The third-order valence-corrected chi connectivity index (χ3v) is 11.1. The zero-order chi connectivity index (χ0) is 41.9. The van der Waals surface area contributed by atoms with Crippen LogP contribution in [0.4, 0.5) is 0 Å². The Morgan fingerprint density at radius 3 is 1.83 bits per heavy atom. The van der Waals surface area contributed by atoms with E-state index in [9.17, 15) is 0 Å². The quantitative estimate of drug-likeness (QED) is 0.147. The van der Waals surface area contributed by atoms with Crippen molar-refractivity contribution < 1.29 is 4.74 Å². The molecule has 3 heterocycles. The third kappa shape index (κ3) is 7.97. The first-order chi connectivity index (χ1) is 27.2. The first-order valence-electron chi connectivity index (χ1n) is 21.2. The lowest BCUT2D eigenvalue weighted by Gasteiger charge is -2.42. The van der Waals surface area contributed by atoms with Crippen LogP contribution >= 0.6 is 0 Å². The van der Waals surface area contributed by atoms with Crippen LogP contribution in [0.1, 0.15) is 123 Å². The first-order valence-corrected chi connectivity index (χ1v) is 21.2. The average Bonchev–Trinajstić information content (AvgIpc) is 3.73. The number of rotatable bonds is 9.